The van der Waals surface area contributed by atoms with Crippen LogP contribution in [0.2, 0.25) is 0 Å². The third kappa shape index (κ3) is 6.98. The largest absolute Gasteiger partial charge is 0.493 e. The number of carbonyl (C=O) groups is 1. The second kappa shape index (κ2) is 10.7. The SMILES string of the molecule is Cc1ccc(C)c(OCCCC(C)(C)C(=O)NC2CCC(Oc3cccnc3)CC2)c1. The van der Waals surface area contributed by atoms with E-state index in [4.69, 9.17) is 9.47 Å². The van der Waals surface area contributed by atoms with Crippen LogP contribution in [0.3, 0.4) is 0 Å². The Kier molecular flexibility index (Phi) is 7.94. The molecule has 1 amide bonds. The summed E-state index contributed by atoms with van der Waals surface area (Å²) >= 11 is 0. The van der Waals surface area contributed by atoms with Crippen molar-refractivity contribution in [1.29, 1.82) is 0 Å². The van der Waals surface area contributed by atoms with Crippen molar-refractivity contribution >= 4 is 5.91 Å². The van der Waals surface area contributed by atoms with E-state index in [9.17, 15) is 4.79 Å². The summed E-state index contributed by atoms with van der Waals surface area (Å²) in [6.07, 6.45) is 9.13. The Morgan fingerprint density at radius 3 is 2.65 bits per heavy atom. The Balaban J connectivity index is 1.37. The molecule has 1 fully saturated rings. The van der Waals surface area contributed by atoms with Gasteiger partial charge in [-0.2, -0.15) is 0 Å². The molecule has 0 spiro atoms. The van der Waals surface area contributed by atoms with Gasteiger partial charge in [0.05, 0.1) is 18.9 Å². The van der Waals surface area contributed by atoms with E-state index in [0.29, 0.717) is 6.61 Å². The van der Waals surface area contributed by atoms with E-state index >= 15 is 0 Å². The maximum absolute atomic E-state index is 12.9. The number of amides is 1. The first kappa shape index (κ1) is 23.1. The second-order valence-corrected chi connectivity index (χ2v) is 9.36. The third-order valence-electron chi connectivity index (χ3n) is 6.11. The van der Waals surface area contributed by atoms with Crippen molar-refractivity contribution in [2.75, 3.05) is 6.61 Å². The van der Waals surface area contributed by atoms with E-state index in [0.717, 1.165) is 55.6 Å². The van der Waals surface area contributed by atoms with Gasteiger partial charge in [0.15, 0.2) is 0 Å². The van der Waals surface area contributed by atoms with Gasteiger partial charge in [-0.05, 0) is 81.7 Å². The Hall–Kier alpha value is -2.56. The van der Waals surface area contributed by atoms with Crippen LogP contribution in [0.4, 0.5) is 0 Å². The lowest BCUT2D eigenvalue weighted by Gasteiger charge is -2.32. The molecular weight excluding hydrogens is 388 g/mol. The summed E-state index contributed by atoms with van der Waals surface area (Å²) in [5.74, 6) is 1.89. The molecule has 1 aromatic carbocycles. The summed E-state index contributed by atoms with van der Waals surface area (Å²) in [4.78, 5) is 17.0. The van der Waals surface area contributed by atoms with Gasteiger partial charge in [0.1, 0.15) is 11.5 Å². The fraction of sp³-hybridized carbons (Fsp3) is 0.538. The zero-order valence-electron chi connectivity index (χ0n) is 19.3. The molecule has 0 aliphatic heterocycles. The monoisotopic (exact) mass is 424 g/mol. The number of nitrogens with one attached hydrogen (secondary N) is 1. The maximum atomic E-state index is 12.9. The number of ether oxygens (including phenoxy) is 2. The molecule has 1 aliphatic rings. The minimum atomic E-state index is -0.409. The summed E-state index contributed by atoms with van der Waals surface area (Å²) < 4.78 is 12.0. The topological polar surface area (TPSA) is 60.5 Å². The van der Waals surface area contributed by atoms with Crippen LogP contribution in [-0.2, 0) is 4.79 Å². The smallest absolute Gasteiger partial charge is 0.225 e. The average Bonchev–Trinajstić information content (AvgIpc) is 2.75. The highest BCUT2D eigenvalue weighted by atomic mass is 16.5. The number of carbonyl (C=O) groups excluding carboxylic acids is 1. The van der Waals surface area contributed by atoms with Crippen molar-refractivity contribution in [3.63, 3.8) is 0 Å². The number of aromatic nitrogens is 1. The van der Waals surface area contributed by atoms with Crippen LogP contribution in [0, 0.1) is 19.3 Å². The van der Waals surface area contributed by atoms with Gasteiger partial charge in [-0.3, -0.25) is 9.78 Å². The molecule has 0 unspecified atom stereocenters. The third-order valence-corrected chi connectivity index (χ3v) is 6.11. The number of benzene rings is 1. The normalized spacial score (nSPS) is 19.0. The summed E-state index contributed by atoms with van der Waals surface area (Å²) in [5.41, 5.74) is 1.93. The molecule has 1 saturated carbocycles. The predicted octanol–water partition coefficient (Wildman–Crippen LogP) is 5.39. The van der Waals surface area contributed by atoms with Crippen molar-refractivity contribution in [2.45, 2.75) is 78.4 Å². The number of hydrogen-bond donors (Lipinski definition) is 1. The van der Waals surface area contributed by atoms with Crippen LogP contribution in [-0.4, -0.2) is 29.6 Å². The first-order chi connectivity index (χ1) is 14.8. The number of rotatable bonds is 9. The fourth-order valence-corrected chi connectivity index (χ4v) is 3.99. The zero-order chi connectivity index (χ0) is 22.3. The van der Waals surface area contributed by atoms with Crippen molar-refractivity contribution in [1.82, 2.24) is 10.3 Å². The van der Waals surface area contributed by atoms with E-state index in [2.05, 4.69) is 42.3 Å². The zero-order valence-corrected chi connectivity index (χ0v) is 19.3. The molecule has 1 heterocycles. The summed E-state index contributed by atoms with van der Waals surface area (Å²) in [7, 11) is 0. The number of pyridine rings is 1. The molecule has 1 N–H and O–H groups in total. The quantitative estimate of drug-likeness (QED) is 0.548. The van der Waals surface area contributed by atoms with E-state index < -0.39 is 5.41 Å². The molecule has 0 saturated heterocycles. The van der Waals surface area contributed by atoms with Gasteiger partial charge in [0.25, 0.3) is 0 Å². The maximum Gasteiger partial charge on any atom is 0.225 e. The Morgan fingerprint density at radius 2 is 1.94 bits per heavy atom. The van der Waals surface area contributed by atoms with Crippen molar-refractivity contribution < 1.29 is 14.3 Å². The van der Waals surface area contributed by atoms with Crippen LogP contribution in [0.5, 0.6) is 11.5 Å². The van der Waals surface area contributed by atoms with Gasteiger partial charge in [-0.15, -0.1) is 0 Å². The molecule has 2 aromatic rings. The lowest BCUT2D eigenvalue weighted by atomic mass is 9.85. The van der Waals surface area contributed by atoms with Crippen molar-refractivity contribution in [2.24, 2.45) is 5.41 Å². The highest BCUT2D eigenvalue weighted by Crippen LogP contribution is 2.27. The van der Waals surface area contributed by atoms with Gasteiger partial charge >= 0.3 is 0 Å². The van der Waals surface area contributed by atoms with E-state index in [1.54, 1.807) is 12.4 Å². The molecule has 168 valence electrons. The molecule has 31 heavy (non-hydrogen) atoms. The van der Waals surface area contributed by atoms with Gasteiger partial charge in [-0.25, -0.2) is 0 Å². The van der Waals surface area contributed by atoms with Crippen molar-refractivity contribution in [3.8, 4) is 11.5 Å². The average molecular weight is 425 g/mol. The Morgan fingerprint density at radius 1 is 1.16 bits per heavy atom. The number of aryl methyl sites for hydroxylation is 2. The van der Waals surface area contributed by atoms with Gasteiger partial charge < -0.3 is 14.8 Å². The van der Waals surface area contributed by atoms with Crippen LogP contribution >= 0.6 is 0 Å². The molecule has 1 aliphatic carbocycles. The first-order valence-electron chi connectivity index (χ1n) is 11.4. The van der Waals surface area contributed by atoms with Crippen LogP contribution in [0.25, 0.3) is 0 Å². The Labute approximate surface area is 186 Å². The first-order valence-corrected chi connectivity index (χ1v) is 11.4. The molecule has 1 aromatic heterocycles. The minimum Gasteiger partial charge on any atom is -0.493 e. The molecular formula is C26H36N2O3. The van der Waals surface area contributed by atoms with E-state index in [1.165, 1.54) is 5.56 Å². The standard InChI is InChI=1S/C26H36N2O3/c1-19-8-9-20(2)24(17-19)30-16-6-14-26(3,4)25(29)28-21-10-12-22(13-11-21)31-23-7-5-15-27-18-23/h5,7-9,15,17-18,21-22H,6,10-14,16H2,1-4H3,(H,28,29). The molecule has 5 nitrogen and oxygen atoms in total. The van der Waals surface area contributed by atoms with Gasteiger partial charge in [0.2, 0.25) is 5.91 Å². The lowest BCUT2D eigenvalue weighted by molar-refractivity contribution is -0.130. The predicted molar refractivity (Wildman–Crippen MR) is 123 cm³/mol. The van der Waals surface area contributed by atoms with Crippen LogP contribution in [0.1, 0.15) is 63.5 Å². The molecule has 3 rings (SSSR count). The Bertz CT molecular complexity index is 843. The van der Waals surface area contributed by atoms with Crippen molar-refractivity contribution in [3.05, 3.63) is 53.9 Å². The lowest BCUT2D eigenvalue weighted by Crippen LogP contribution is -2.45. The van der Waals surface area contributed by atoms with Crippen LogP contribution in [0.15, 0.2) is 42.7 Å². The number of nitrogens with zero attached hydrogens (tertiary/aromatic N) is 1. The van der Waals surface area contributed by atoms with E-state index in [1.807, 2.05) is 26.0 Å². The van der Waals surface area contributed by atoms with E-state index in [-0.39, 0.29) is 18.1 Å². The summed E-state index contributed by atoms with van der Waals surface area (Å²) in [6.45, 7) is 8.80. The second-order valence-electron chi connectivity index (χ2n) is 9.36. The highest BCUT2D eigenvalue weighted by Gasteiger charge is 2.31. The fourth-order valence-electron chi connectivity index (χ4n) is 3.99. The highest BCUT2D eigenvalue weighted by molar-refractivity contribution is 5.82. The van der Waals surface area contributed by atoms with Crippen LogP contribution < -0.4 is 14.8 Å². The van der Waals surface area contributed by atoms with Gasteiger partial charge in [0, 0.05) is 17.7 Å². The molecule has 0 atom stereocenters. The summed E-state index contributed by atoms with van der Waals surface area (Å²) in [6, 6.07) is 10.3. The number of hydrogen-bond acceptors (Lipinski definition) is 4. The van der Waals surface area contributed by atoms with Gasteiger partial charge in [-0.1, -0.05) is 26.0 Å². The minimum absolute atomic E-state index is 0.135. The molecule has 5 heteroatoms. The summed E-state index contributed by atoms with van der Waals surface area (Å²) in [5, 5.41) is 3.27. The molecule has 0 bridgehead atoms. The molecule has 0 radical (unpaired) electrons.